The maximum absolute atomic E-state index is 12.7. The lowest BCUT2D eigenvalue weighted by atomic mass is 10.2. The molecule has 0 heterocycles. The van der Waals surface area contributed by atoms with Gasteiger partial charge in [0, 0.05) is 19.1 Å². The van der Waals surface area contributed by atoms with Crippen molar-refractivity contribution in [2.45, 2.75) is 19.0 Å². The van der Waals surface area contributed by atoms with Gasteiger partial charge in [0.05, 0.1) is 0 Å². The minimum Gasteiger partial charge on any atom is -0.327 e. The maximum Gasteiger partial charge on any atom is 0.123 e. The number of thioether (sulfide) groups is 1. The highest BCUT2D eigenvalue weighted by Crippen LogP contribution is 2.07. The molecule has 0 aliphatic heterocycles. The van der Waals surface area contributed by atoms with Crippen LogP contribution in [0, 0.1) is 5.82 Å². The number of rotatable bonds is 7. The van der Waals surface area contributed by atoms with E-state index in [0.717, 1.165) is 30.8 Å². The molecule has 0 aliphatic rings. The molecule has 4 heteroatoms. The van der Waals surface area contributed by atoms with Crippen molar-refractivity contribution in [3.63, 3.8) is 0 Å². The average molecular weight is 256 g/mol. The van der Waals surface area contributed by atoms with Crippen LogP contribution < -0.4 is 5.73 Å². The fraction of sp³-hybridized carbons (Fsp3) is 0.538. The van der Waals surface area contributed by atoms with Gasteiger partial charge in [0.2, 0.25) is 0 Å². The molecule has 0 fully saturated rings. The summed E-state index contributed by atoms with van der Waals surface area (Å²) in [6.07, 6.45) is 3.13. The molecule has 0 bridgehead atoms. The van der Waals surface area contributed by atoms with E-state index in [1.165, 1.54) is 12.1 Å². The lowest BCUT2D eigenvalue weighted by Gasteiger charge is -2.21. The lowest BCUT2D eigenvalue weighted by Crippen LogP contribution is -2.35. The topological polar surface area (TPSA) is 29.3 Å². The van der Waals surface area contributed by atoms with E-state index in [9.17, 15) is 4.39 Å². The Kier molecular flexibility index (Phi) is 6.55. The van der Waals surface area contributed by atoms with Gasteiger partial charge in [0.15, 0.2) is 0 Å². The Balaban J connectivity index is 2.33. The van der Waals surface area contributed by atoms with E-state index in [0.29, 0.717) is 0 Å². The second-order valence-electron chi connectivity index (χ2n) is 4.36. The van der Waals surface area contributed by atoms with E-state index in [2.05, 4.69) is 11.2 Å². The van der Waals surface area contributed by atoms with E-state index >= 15 is 0 Å². The van der Waals surface area contributed by atoms with Crippen LogP contribution in [0.25, 0.3) is 0 Å². The number of hydrogen-bond acceptors (Lipinski definition) is 3. The zero-order valence-electron chi connectivity index (χ0n) is 10.5. The van der Waals surface area contributed by atoms with Crippen molar-refractivity contribution in [2.24, 2.45) is 5.73 Å². The third kappa shape index (κ3) is 6.05. The molecular weight excluding hydrogens is 235 g/mol. The summed E-state index contributed by atoms with van der Waals surface area (Å²) in [5.41, 5.74) is 7.14. The molecule has 0 unspecified atom stereocenters. The van der Waals surface area contributed by atoms with Gasteiger partial charge in [0.1, 0.15) is 5.82 Å². The summed E-state index contributed by atoms with van der Waals surface area (Å²) in [5.74, 6) is 0.916. The van der Waals surface area contributed by atoms with Gasteiger partial charge < -0.3 is 10.6 Å². The van der Waals surface area contributed by atoms with Gasteiger partial charge in [-0.2, -0.15) is 11.8 Å². The van der Waals surface area contributed by atoms with Crippen LogP contribution in [-0.4, -0.2) is 36.5 Å². The van der Waals surface area contributed by atoms with Crippen molar-refractivity contribution < 1.29 is 4.39 Å². The predicted molar refractivity (Wildman–Crippen MR) is 73.7 cm³/mol. The second kappa shape index (κ2) is 7.69. The molecule has 1 rings (SSSR count). The summed E-state index contributed by atoms with van der Waals surface area (Å²) >= 11 is 1.82. The van der Waals surface area contributed by atoms with Crippen molar-refractivity contribution in [3.8, 4) is 0 Å². The largest absolute Gasteiger partial charge is 0.327 e. The fourth-order valence-corrected chi connectivity index (χ4v) is 2.27. The highest BCUT2D eigenvalue weighted by Gasteiger charge is 2.07. The van der Waals surface area contributed by atoms with Crippen molar-refractivity contribution in [3.05, 3.63) is 35.6 Å². The predicted octanol–water partition coefficient (Wildman–Crippen LogP) is 2.34. The Labute approximate surface area is 107 Å². The first kappa shape index (κ1) is 14.5. The number of nitrogens with zero attached hydrogens (tertiary/aromatic N) is 1. The number of halogens is 1. The quantitative estimate of drug-likeness (QED) is 0.812. The smallest absolute Gasteiger partial charge is 0.123 e. The van der Waals surface area contributed by atoms with Crippen LogP contribution >= 0.6 is 11.8 Å². The van der Waals surface area contributed by atoms with Crippen molar-refractivity contribution in [1.82, 2.24) is 4.90 Å². The van der Waals surface area contributed by atoms with Crippen LogP contribution in [0.5, 0.6) is 0 Å². The summed E-state index contributed by atoms with van der Waals surface area (Å²) in [5, 5.41) is 0. The zero-order valence-corrected chi connectivity index (χ0v) is 11.3. The number of nitrogens with two attached hydrogens (primary N) is 1. The van der Waals surface area contributed by atoms with E-state index in [-0.39, 0.29) is 11.9 Å². The van der Waals surface area contributed by atoms with Crippen LogP contribution in [0.1, 0.15) is 12.0 Å². The van der Waals surface area contributed by atoms with E-state index in [1.807, 2.05) is 30.9 Å². The molecule has 1 aromatic carbocycles. The highest BCUT2D eigenvalue weighted by molar-refractivity contribution is 7.98. The average Bonchev–Trinajstić information content (AvgIpc) is 2.29. The third-order valence-corrected chi connectivity index (χ3v) is 3.25. The standard InChI is InChI=1S/C13H21FN2S/c1-16(10-13(15)7-8-17-2)9-11-3-5-12(14)6-4-11/h3-6,13H,7-10,15H2,1-2H3/t13-/m0/s1. The minimum atomic E-state index is -0.187. The van der Waals surface area contributed by atoms with Crippen molar-refractivity contribution >= 4 is 11.8 Å². The van der Waals surface area contributed by atoms with Crippen LogP contribution in [0.2, 0.25) is 0 Å². The number of likely N-dealkylation sites (N-methyl/N-ethyl adjacent to an activating group) is 1. The molecule has 0 aliphatic carbocycles. The molecule has 0 aromatic heterocycles. The molecule has 96 valence electrons. The molecule has 0 amide bonds. The molecule has 0 radical (unpaired) electrons. The summed E-state index contributed by atoms with van der Waals surface area (Å²) in [4.78, 5) is 2.18. The van der Waals surface area contributed by atoms with Gasteiger partial charge >= 0.3 is 0 Å². The summed E-state index contributed by atoms with van der Waals surface area (Å²) in [7, 11) is 2.04. The fourth-order valence-electron chi connectivity index (χ4n) is 1.73. The van der Waals surface area contributed by atoms with Crippen LogP contribution in [-0.2, 0) is 6.54 Å². The molecule has 17 heavy (non-hydrogen) atoms. The lowest BCUT2D eigenvalue weighted by molar-refractivity contribution is 0.301. The van der Waals surface area contributed by atoms with Gasteiger partial charge in [-0.1, -0.05) is 12.1 Å². The highest BCUT2D eigenvalue weighted by atomic mass is 32.2. The summed E-state index contributed by atoms with van der Waals surface area (Å²) < 4.78 is 12.7. The first-order chi connectivity index (χ1) is 8.11. The van der Waals surface area contributed by atoms with Gasteiger partial charge in [0.25, 0.3) is 0 Å². The minimum absolute atomic E-state index is 0.187. The first-order valence-electron chi connectivity index (χ1n) is 5.79. The molecule has 2 N–H and O–H groups in total. The van der Waals surface area contributed by atoms with Gasteiger partial charge in [-0.15, -0.1) is 0 Å². The van der Waals surface area contributed by atoms with Gasteiger partial charge in [-0.3, -0.25) is 0 Å². The zero-order chi connectivity index (χ0) is 12.7. The summed E-state index contributed by atoms with van der Waals surface area (Å²) in [6, 6.07) is 6.85. The molecule has 2 nitrogen and oxygen atoms in total. The van der Waals surface area contributed by atoms with Crippen LogP contribution in [0.15, 0.2) is 24.3 Å². The molecule has 0 saturated heterocycles. The molecule has 1 atom stereocenters. The maximum atomic E-state index is 12.7. The van der Waals surface area contributed by atoms with Crippen molar-refractivity contribution in [2.75, 3.05) is 25.6 Å². The normalized spacial score (nSPS) is 13.0. The van der Waals surface area contributed by atoms with Gasteiger partial charge in [-0.25, -0.2) is 4.39 Å². The second-order valence-corrected chi connectivity index (χ2v) is 5.35. The Hall–Kier alpha value is -0.580. The Morgan fingerprint density at radius 3 is 2.59 bits per heavy atom. The Morgan fingerprint density at radius 1 is 1.35 bits per heavy atom. The van der Waals surface area contributed by atoms with Crippen LogP contribution in [0.3, 0.4) is 0 Å². The number of benzene rings is 1. The van der Waals surface area contributed by atoms with E-state index in [4.69, 9.17) is 5.73 Å². The number of hydrogen-bond donors (Lipinski definition) is 1. The third-order valence-electron chi connectivity index (χ3n) is 2.60. The monoisotopic (exact) mass is 256 g/mol. The first-order valence-corrected chi connectivity index (χ1v) is 7.18. The molecular formula is C13H21FN2S. The Morgan fingerprint density at radius 2 is 2.00 bits per heavy atom. The van der Waals surface area contributed by atoms with E-state index < -0.39 is 0 Å². The molecule has 0 spiro atoms. The van der Waals surface area contributed by atoms with E-state index in [1.54, 1.807) is 0 Å². The molecule has 0 saturated carbocycles. The van der Waals surface area contributed by atoms with Gasteiger partial charge in [-0.05, 0) is 43.2 Å². The molecule has 1 aromatic rings. The summed E-state index contributed by atoms with van der Waals surface area (Å²) in [6.45, 7) is 1.69. The SMILES string of the molecule is CSCC[C@H](N)CN(C)Cc1ccc(F)cc1. The van der Waals surface area contributed by atoms with Crippen molar-refractivity contribution in [1.29, 1.82) is 0 Å². The van der Waals surface area contributed by atoms with Crippen LogP contribution in [0.4, 0.5) is 4.39 Å². The Bertz CT molecular complexity index is 316.